The lowest BCUT2D eigenvalue weighted by atomic mass is 10.2. The Balaban J connectivity index is 2.21. The maximum atomic E-state index is 10.3. The predicted molar refractivity (Wildman–Crippen MR) is 60.9 cm³/mol. The highest BCUT2D eigenvalue weighted by Crippen LogP contribution is 2.24. The Bertz CT molecular complexity index is 331. The van der Waals surface area contributed by atoms with Crippen LogP contribution in [0.5, 0.6) is 0 Å². The molecule has 4 nitrogen and oxygen atoms in total. The second-order valence-electron chi connectivity index (χ2n) is 3.11. The Labute approximate surface area is 92.9 Å². The molecule has 1 aromatic heterocycles. The Morgan fingerprint density at radius 1 is 1.53 bits per heavy atom. The van der Waals surface area contributed by atoms with Gasteiger partial charge in [0, 0.05) is 17.5 Å². The topological polar surface area (TPSA) is 76.2 Å². The minimum atomic E-state index is -0.733. The molecule has 0 saturated carbocycles. The molecular weight excluding hydrogens is 212 g/mol. The summed E-state index contributed by atoms with van der Waals surface area (Å²) in [5, 5.41) is 8.44. The van der Waals surface area contributed by atoms with Crippen LogP contribution in [0.1, 0.15) is 19.3 Å². The molecule has 5 heteroatoms. The predicted octanol–water partition coefficient (Wildman–Crippen LogP) is 2.01. The average molecular weight is 226 g/mol. The number of carbonyl (C=O) groups is 1. The first-order valence-corrected chi connectivity index (χ1v) is 5.73. The number of aliphatic carboxylic acids is 1. The van der Waals surface area contributed by atoms with E-state index in [-0.39, 0.29) is 6.42 Å². The fraction of sp³-hybridized carbons (Fsp3) is 0.400. The maximum absolute atomic E-state index is 10.3. The summed E-state index contributed by atoms with van der Waals surface area (Å²) in [5.41, 5.74) is 6.39. The van der Waals surface area contributed by atoms with Crippen LogP contribution in [0.25, 0.3) is 0 Å². The van der Waals surface area contributed by atoms with Crippen LogP contribution < -0.4 is 5.73 Å². The van der Waals surface area contributed by atoms with E-state index < -0.39 is 5.97 Å². The fourth-order valence-electron chi connectivity index (χ4n) is 1.09. The number of anilines is 1. The number of pyridine rings is 1. The summed E-state index contributed by atoms with van der Waals surface area (Å²) < 4.78 is 0. The van der Waals surface area contributed by atoms with Crippen molar-refractivity contribution in [2.24, 2.45) is 0 Å². The van der Waals surface area contributed by atoms with Crippen LogP contribution in [-0.2, 0) is 4.79 Å². The summed E-state index contributed by atoms with van der Waals surface area (Å²) >= 11 is 1.64. The number of unbranched alkanes of at least 4 members (excludes halogenated alkanes) is 1. The molecule has 0 saturated heterocycles. The zero-order chi connectivity index (χ0) is 11.1. The first kappa shape index (κ1) is 11.8. The number of hydrogen-bond acceptors (Lipinski definition) is 4. The zero-order valence-corrected chi connectivity index (χ0v) is 9.17. The number of nitrogens with two attached hydrogens (primary N) is 1. The molecule has 0 amide bonds. The highest BCUT2D eigenvalue weighted by Gasteiger charge is 2.00. The monoisotopic (exact) mass is 226 g/mol. The number of thioether (sulfide) groups is 1. The van der Waals surface area contributed by atoms with Gasteiger partial charge in [-0.15, -0.1) is 11.8 Å². The molecule has 0 radical (unpaired) electrons. The van der Waals surface area contributed by atoms with E-state index in [1.54, 1.807) is 24.2 Å². The van der Waals surface area contributed by atoms with Crippen LogP contribution >= 0.6 is 11.8 Å². The van der Waals surface area contributed by atoms with E-state index in [2.05, 4.69) is 4.98 Å². The lowest BCUT2D eigenvalue weighted by Crippen LogP contribution is -1.95. The molecule has 0 spiro atoms. The molecule has 0 unspecified atom stereocenters. The van der Waals surface area contributed by atoms with E-state index in [9.17, 15) is 4.79 Å². The van der Waals surface area contributed by atoms with E-state index in [4.69, 9.17) is 10.8 Å². The summed E-state index contributed by atoms with van der Waals surface area (Å²) in [6, 6.07) is 1.87. The third-order valence-electron chi connectivity index (χ3n) is 1.85. The largest absolute Gasteiger partial charge is 0.481 e. The Hall–Kier alpha value is -1.23. The van der Waals surface area contributed by atoms with Crippen LogP contribution in [0.3, 0.4) is 0 Å². The van der Waals surface area contributed by atoms with Gasteiger partial charge in [0.05, 0.1) is 11.9 Å². The second-order valence-corrected chi connectivity index (χ2v) is 4.25. The third kappa shape index (κ3) is 4.69. The quantitative estimate of drug-likeness (QED) is 0.573. The minimum absolute atomic E-state index is 0.242. The summed E-state index contributed by atoms with van der Waals surface area (Å²) in [6.45, 7) is 0. The van der Waals surface area contributed by atoms with Crippen molar-refractivity contribution in [1.29, 1.82) is 0 Å². The van der Waals surface area contributed by atoms with Crippen molar-refractivity contribution < 1.29 is 9.90 Å². The maximum Gasteiger partial charge on any atom is 0.303 e. The number of nitrogen functional groups attached to an aromatic ring is 1. The highest BCUT2D eigenvalue weighted by molar-refractivity contribution is 7.99. The molecule has 1 heterocycles. The third-order valence-corrected chi connectivity index (χ3v) is 3.03. The van der Waals surface area contributed by atoms with Crippen LogP contribution in [0, 0.1) is 0 Å². The molecule has 82 valence electrons. The number of carboxylic acid groups (broad SMARTS) is 1. The molecular formula is C10H14N2O2S. The molecule has 0 atom stereocenters. The van der Waals surface area contributed by atoms with Gasteiger partial charge in [0.25, 0.3) is 0 Å². The van der Waals surface area contributed by atoms with Gasteiger partial charge in [-0.2, -0.15) is 0 Å². The normalized spacial score (nSPS) is 10.1. The Kier molecular flexibility index (Phi) is 4.97. The Morgan fingerprint density at radius 2 is 2.33 bits per heavy atom. The zero-order valence-electron chi connectivity index (χ0n) is 8.35. The van der Waals surface area contributed by atoms with Crippen molar-refractivity contribution in [2.75, 3.05) is 11.5 Å². The van der Waals surface area contributed by atoms with Crippen molar-refractivity contribution in [1.82, 2.24) is 4.98 Å². The number of aromatic nitrogens is 1. The van der Waals surface area contributed by atoms with Gasteiger partial charge in [-0.1, -0.05) is 0 Å². The molecule has 1 rings (SSSR count). The van der Waals surface area contributed by atoms with E-state index in [1.807, 2.05) is 6.07 Å². The van der Waals surface area contributed by atoms with Crippen molar-refractivity contribution in [3.05, 3.63) is 18.5 Å². The van der Waals surface area contributed by atoms with Gasteiger partial charge < -0.3 is 10.8 Å². The molecule has 1 aromatic rings. The number of rotatable bonds is 6. The van der Waals surface area contributed by atoms with E-state index in [0.717, 1.165) is 17.1 Å². The van der Waals surface area contributed by atoms with Crippen molar-refractivity contribution >= 4 is 23.4 Å². The van der Waals surface area contributed by atoms with Crippen molar-refractivity contribution in [3.8, 4) is 0 Å². The van der Waals surface area contributed by atoms with Crippen LogP contribution in [0.2, 0.25) is 0 Å². The first-order valence-electron chi connectivity index (χ1n) is 4.74. The molecule has 0 aromatic carbocycles. The molecule has 0 fully saturated rings. The standard InChI is InChI=1S/C10H14N2O2S/c11-8-7-12-5-4-9(8)15-6-2-1-3-10(13)14/h4-5,7H,1-3,6,11H2,(H,13,14). The van der Waals surface area contributed by atoms with Gasteiger partial charge in [0.2, 0.25) is 0 Å². The molecule has 0 aliphatic carbocycles. The number of carboxylic acids is 1. The molecule has 0 aliphatic heterocycles. The van der Waals surface area contributed by atoms with Crippen LogP contribution in [-0.4, -0.2) is 21.8 Å². The van der Waals surface area contributed by atoms with Crippen molar-refractivity contribution in [2.45, 2.75) is 24.2 Å². The van der Waals surface area contributed by atoms with Gasteiger partial charge in [-0.05, 0) is 24.7 Å². The minimum Gasteiger partial charge on any atom is -0.481 e. The highest BCUT2D eigenvalue weighted by atomic mass is 32.2. The first-order chi connectivity index (χ1) is 7.20. The van der Waals surface area contributed by atoms with E-state index in [0.29, 0.717) is 12.1 Å². The van der Waals surface area contributed by atoms with Crippen molar-refractivity contribution in [3.63, 3.8) is 0 Å². The Morgan fingerprint density at radius 3 is 3.00 bits per heavy atom. The summed E-state index contributed by atoms with van der Waals surface area (Å²) in [4.78, 5) is 15.2. The summed E-state index contributed by atoms with van der Waals surface area (Å²) in [7, 11) is 0. The van der Waals surface area contributed by atoms with Gasteiger partial charge in [-0.25, -0.2) is 0 Å². The average Bonchev–Trinajstić information content (AvgIpc) is 2.20. The smallest absolute Gasteiger partial charge is 0.303 e. The van der Waals surface area contributed by atoms with Crippen LogP contribution in [0.15, 0.2) is 23.4 Å². The van der Waals surface area contributed by atoms with Gasteiger partial charge in [0.1, 0.15) is 0 Å². The van der Waals surface area contributed by atoms with Gasteiger partial charge in [-0.3, -0.25) is 9.78 Å². The number of nitrogens with zero attached hydrogens (tertiary/aromatic N) is 1. The fourth-order valence-corrected chi connectivity index (χ4v) is 2.03. The summed E-state index contributed by atoms with van der Waals surface area (Å²) in [6.07, 6.45) is 5.17. The molecule has 3 N–H and O–H groups in total. The molecule has 15 heavy (non-hydrogen) atoms. The number of hydrogen-bond donors (Lipinski definition) is 2. The van der Waals surface area contributed by atoms with E-state index in [1.165, 1.54) is 0 Å². The van der Waals surface area contributed by atoms with Gasteiger partial charge in [0.15, 0.2) is 0 Å². The van der Waals surface area contributed by atoms with Crippen LogP contribution in [0.4, 0.5) is 5.69 Å². The summed E-state index contributed by atoms with van der Waals surface area (Å²) in [5.74, 6) is 0.157. The lowest BCUT2D eigenvalue weighted by Gasteiger charge is -2.03. The second kappa shape index (κ2) is 6.29. The molecule has 0 bridgehead atoms. The SMILES string of the molecule is Nc1cnccc1SCCCCC(=O)O. The lowest BCUT2D eigenvalue weighted by molar-refractivity contribution is -0.137. The molecule has 0 aliphatic rings. The van der Waals surface area contributed by atoms with E-state index >= 15 is 0 Å². The van der Waals surface area contributed by atoms with Gasteiger partial charge >= 0.3 is 5.97 Å².